The molecule has 0 unspecified atom stereocenters. The molecule has 1 aromatic rings. The van der Waals surface area contributed by atoms with Crippen LogP contribution in [-0.2, 0) is 8.85 Å². The topological polar surface area (TPSA) is 47.6 Å². The molecule has 5 heteroatoms. The summed E-state index contributed by atoms with van der Waals surface area (Å²) in [4.78, 5) is 11.9. The fraction of sp³-hybridized carbons (Fsp3) is 0.562. The molecule has 0 aliphatic rings. The fourth-order valence-corrected chi connectivity index (χ4v) is 4.75. The first-order valence-electron chi connectivity index (χ1n) is 7.72. The monoisotopic (exact) mass is 309 g/mol. The van der Waals surface area contributed by atoms with Crippen molar-refractivity contribution in [3.05, 3.63) is 35.9 Å². The normalized spacial score (nSPS) is 11.4. The van der Waals surface area contributed by atoms with Gasteiger partial charge in [0.15, 0.2) is 0 Å². The van der Waals surface area contributed by atoms with Gasteiger partial charge in [-0.1, -0.05) is 18.2 Å². The zero-order valence-electron chi connectivity index (χ0n) is 13.4. The molecule has 0 heterocycles. The van der Waals surface area contributed by atoms with Crippen molar-refractivity contribution in [2.75, 3.05) is 19.8 Å². The van der Waals surface area contributed by atoms with E-state index in [1.807, 2.05) is 44.2 Å². The Bertz CT molecular complexity index is 405. The van der Waals surface area contributed by atoms with Crippen LogP contribution in [0, 0.1) is 0 Å². The van der Waals surface area contributed by atoms with Crippen molar-refractivity contribution in [1.82, 2.24) is 5.32 Å². The first kappa shape index (κ1) is 17.9. The van der Waals surface area contributed by atoms with Gasteiger partial charge in [-0.2, -0.15) is 0 Å². The molecule has 0 aromatic heterocycles. The molecule has 0 saturated carbocycles. The Kier molecular flexibility index (Phi) is 8.26. The predicted molar refractivity (Wildman–Crippen MR) is 87.7 cm³/mol. The zero-order chi connectivity index (χ0) is 15.6. The maximum absolute atomic E-state index is 11.9. The summed E-state index contributed by atoms with van der Waals surface area (Å²) >= 11 is 0. The smallest absolute Gasteiger partial charge is 0.334 e. The lowest BCUT2D eigenvalue weighted by Gasteiger charge is -2.25. The SMILES string of the molecule is CCO[Si](C)(CCCCNC(=O)c1ccccc1)OCC. The van der Waals surface area contributed by atoms with E-state index in [1.165, 1.54) is 0 Å². The summed E-state index contributed by atoms with van der Waals surface area (Å²) in [6, 6.07) is 10.3. The van der Waals surface area contributed by atoms with Crippen molar-refractivity contribution in [2.45, 2.75) is 39.3 Å². The molecule has 118 valence electrons. The van der Waals surface area contributed by atoms with Crippen molar-refractivity contribution in [3.8, 4) is 0 Å². The lowest BCUT2D eigenvalue weighted by molar-refractivity contribution is 0.0953. The van der Waals surface area contributed by atoms with Gasteiger partial charge in [0.1, 0.15) is 0 Å². The molecule has 4 nitrogen and oxygen atoms in total. The second kappa shape index (κ2) is 9.71. The van der Waals surface area contributed by atoms with E-state index in [2.05, 4.69) is 11.9 Å². The highest BCUT2D eigenvalue weighted by Crippen LogP contribution is 2.16. The molecule has 0 radical (unpaired) electrons. The molecule has 1 aromatic carbocycles. The minimum Gasteiger partial charge on any atom is -0.395 e. The minimum absolute atomic E-state index is 0.00905. The molecule has 0 bridgehead atoms. The predicted octanol–water partition coefficient (Wildman–Crippen LogP) is 3.34. The summed E-state index contributed by atoms with van der Waals surface area (Å²) in [6.45, 7) is 8.22. The van der Waals surface area contributed by atoms with Gasteiger partial charge in [0.2, 0.25) is 0 Å². The van der Waals surface area contributed by atoms with E-state index in [1.54, 1.807) is 0 Å². The number of unbranched alkanes of at least 4 members (excludes halogenated alkanes) is 1. The number of amides is 1. The summed E-state index contributed by atoms with van der Waals surface area (Å²) in [5.41, 5.74) is 0.709. The van der Waals surface area contributed by atoms with E-state index >= 15 is 0 Å². The van der Waals surface area contributed by atoms with Gasteiger partial charge >= 0.3 is 8.56 Å². The number of hydrogen-bond donors (Lipinski definition) is 1. The standard InChI is InChI=1S/C16H27NO3Si/c1-4-19-21(3,20-5-2)14-10-9-13-17-16(18)15-11-7-6-8-12-15/h6-8,11-12H,4-5,9-10,13-14H2,1-3H3,(H,17,18). The molecule has 0 aliphatic carbocycles. The van der Waals surface area contributed by atoms with Crippen LogP contribution in [0.1, 0.15) is 37.0 Å². The van der Waals surface area contributed by atoms with E-state index in [0.717, 1.165) is 18.9 Å². The van der Waals surface area contributed by atoms with Crippen molar-refractivity contribution in [1.29, 1.82) is 0 Å². The van der Waals surface area contributed by atoms with Crippen molar-refractivity contribution >= 4 is 14.5 Å². The number of nitrogens with one attached hydrogen (secondary N) is 1. The van der Waals surface area contributed by atoms with Gasteiger partial charge in [-0.15, -0.1) is 0 Å². The number of carbonyl (C=O) groups is 1. The molecule has 1 amide bonds. The highest BCUT2D eigenvalue weighted by Gasteiger charge is 2.29. The first-order valence-corrected chi connectivity index (χ1v) is 10.2. The molecule has 21 heavy (non-hydrogen) atoms. The summed E-state index contributed by atoms with van der Waals surface area (Å²) in [6.07, 6.45) is 1.96. The van der Waals surface area contributed by atoms with E-state index < -0.39 is 8.56 Å². The van der Waals surface area contributed by atoms with Gasteiger partial charge in [0.25, 0.3) is 5.91 Å². The van der Waals surface area contributed by atoms with Gasteiger partial charge in [0, 0.05) is 25.3 Å². The maximum Gasteiger partial charge on any atom is 0.334 e. The third kappa shape index (κ3) is 6.88. The number of carbonyl (C=O) groups excluding carboxylic acids is 1. The Morgan fingerprint density at radius 2 is 1.71 bits per heavy atom. The zero-order valence-corrected chi connectivity index (χ0v) is 14.4. The molecule has 0 atom stereocenters. The molecular weight excluding hydrogens is 282 g/mol. The highest BCUT2D eigenvalue weighted by atomic mass is 28.4. The molecule has 0 spiro atoms. The van der Waals surface area contributed by atoms with Gasteiger partial charge < -0.3 is 14.2 Å². The molecule has 1 rings (SSSR count). The Hall–Kier alpha value is -1.17. The second-order valence-corrected chi connectivity index (χ2v) is 8.42. The maximum atomic E-state index is 11.9. The summed E-state index contributed by atoms with van der Waals surface area (Å²) in [7, 11) is -2.00. The van der Waals surface area contributed by atoms with Gasteiger partial charge in [-0.25, -0.2) is 0 Å². The van der Waals surface area contributed by atoms with Crippen molar-refractivity contribution < 1.29 is 13.6 Å². The molecular formula is C16H27NO3Si. The van der Waals surface area contributed by atoms with E-state index in [4.69, 9.17) is 8.85 Å². The fourth-order valence-electron chi connectivity index (χ4n) is 2.26. The van der Waals surface area contributed by atoms with Gasteiger partial charge in [0.05, 0.1) is 0 Å². The third-order valence-electron chi connectivity index (χ3n) is 3.28. The minimum atomic E-state index is -2.00. The van der Waals surface area contributed by atoms with Crippen molar-refractivity contribution in [3.63, 3.8) is 0 Å². The Balaban J connectivity index is 2.23. The Labute approximate surface area is 129 Å². The van der Waals surface area contributed by atoms with Crippen molar-refractivity contribution in [2.24, 2.45) is 0 Å². The lowest BCUT2D eigenvalue weighted by Crippen LogP contribution is -2.38. The van der Waals surface area contributed by atoms with E-state index in [9.17, 15) is 4.79 Å². The van der Waals surface area contributed by atoms with Crippen LogP contribution in [0.4, 0.5) is 0 Å². The average molecular weight is 309 g/mol. The van der Waals surface area contributed by atoms with Gasteiger partial charge in [-0.3, -0.25) is 4.79 Å². The molecule has 1 N–H and O–H groups in total. The summed E-state index contributed by atoms with van der Waals surface area (Å²) < 4.78 is 11.6. The van der Waals surface area contributed by atoms with Crippen LogP contribution in [0.15, 0.2) is 30.3 Å². The average Bonchev–Trinajstić information content (AvgIpc) is 2.48. The van der Waals surface area contributed by atoms with Crippen LogP contribution in [0.2, 0.25) is 12.6 Å². The summed E-state index contributed by atoms with van der Waals surface area (Å²) in [5.74, 6) is -0.00905. The second-order valence-electron chi connectivity index (χ2n) is 5.08. The first-order chi connectivity index (χ1) is 10.1. The number of benzene rings is 1. The quantitative estimate of drug-likeness (QED) is 0.532. The van der Waals surface area contributed by atoms with Crippen LogP contribution in [0.3, 0.4) is 0 Å². The van der Waals surface area contributed by atoms with Crippen LogP contribution in [-0.4, -0.2) is 34.2 Å². The Morgan fingerprint density at radius 3 is 2.29 bits per heavy atom. The van der Waals surface area contributed by atoms with E-state index in [0.29, 0.717) is 25.3 Å². The van der Waals surface area contributed by atoms with Crippen LogP contribution >= 0.6 is 0 Å². The van der Waals surface area contributed by atoms with Crippen LogP contribution < -0.4 is 5.32 Å². The Morgan fingerprint density at radius 1 is 1.10 bits per heavy atom. The van der Waals surface area contributed by atoms with E-state index in [-0.39, 0.29) is 5.91 Å². The lowest BCUT2D eigenvalue weighted by atomic mass is 10.2. The summed E-state index contributed by atoms with van der Waals surface area (Å²) in [5, 5.41) is 2.94. The van der Waals surface area contributed by atoms with Crippen LogP contribution in [0.5, 0.6) is 0 Å². The number of rotatable bonds is 10. The molecule has 0 fully saturated rings. The molecule has 0 aliphatic heterocycles. The highest BCUT2D eigenvalue weighted by molar-refractivity contribution is 6.66. The third-order valence-corrected chi connectivity index (χ3v) is 6.34. The largest absolute Gasteiger partial charge is 0.395 e. The van der Waals surface area contributed by atoms with Crippen LogP contribution in [0.25, 0.3) is 0 Å². The number of hydrogen-bond acceptors (Lipinski definition) is 3. The van der Waals surface area contributed by atoms with Gasteiger partial charge in [-0.05, 0) is 51.4 Å². The molecule has 0 saturated heterocycles.